The number of phenolic OH excluding ortho intramolecular Hbond substituents is 1. The molecule has 0 amide bonds. The Morgan fingerprint density at radius 1 is 1.18 bits per heavy atom. The SMILES string of the molecule is COc1cc2c(o1)CC1c3cc(O)c(OC)cc3CCN1C2. The second-order valence-corrected chi connectivity index (χ2v) is 5.88. The van der Waals surface area contributed by atoms with Gasteiger partial charge in [0.2, 0.25) is 0 Å². The summed E-state index contributed by atoms with van der Waals surface area (Å²) in [5, 5.41) is 10.1. The van der Waals surface area contributed by atoms with E-state index in [2.05, 4.69) is 4.90 Å². The third kappa shape index (κ3) is 1.96. The van der Waals surface area contributed by atoms with Crippen LogP contribution in [0.3, 0.4) is 0 Å². The van der Waals surface area contributed by atoms with Gasteiger partial charge in [-0.05, 0) is 29.7 Å². The molecule has 1 aromatic heterocycles. The molecular formula is C17H19NO4. The predicted octanol–water partition coefficient (Wildman–Crippen LogP) is 2.66. The Morgan fingerprint density at radius 2 is 2.05 bits per heavy atom. The van der Waals surface area contributed by atoms with Gasteiger partial charge in [-0.3, -0.25) is 4.90 Å². The molecule has 0 spiro atoms. The monoisotopic (exact) mass is 301 g/mol. The topological polar surface area (TPSA) is 55.1 Å². The normalized spacial score (nSPS) is 20.0. The van der Waals surface area contributed by atoms with Crippen LogP contribution in [0.2, 0.25) is 0 Å². The third-order valence-corrected chi connectivity index (χ3v) is 4.74. The van der Waals surface area contributed by atoms with Crippen LogP contribution >= 0.6 is 0 Å². The molecule has 2 aliphatic heterocycles. The lowest BCUT2D eigenvalue weighted by atomic mass is 9.86. The van der Waals surface area contributed by atoms with Gasteiger partial charge in [0.05, 0.1) is 14.2 Å². The molecular weight excluding hydrogens is 282 g/mol. The Labute approximate surface area is 129 Å². The summed E-state index contributed by atoms with van der Waals surface area (Å²) in [6.07, 6.45) is 1.77. The zero-order valence-electron chi connectivity index (χ0n) is 12.8. The molecule has 116 valence electrons. The molecule has 3 heterocycles. The van der Waals surface area contributed by atoms with Crippen molar-refractivity contribution in [3.8, 4) is 17.4 Å². The Balaban J connectivity index is 1.74. The lowest BCUT2D eigenvalue weighted by Crippen LogP contribution is -2.38. The van der Waals surface area contributed by atoms with Gasteiger partial charge in [-0.15, -0.1) is 0 Å². The van der Waals surface area contributed by atoms with Crippen LogP contribution in [0.1, 0.15) is 28.5 Å². The Kier molecular flexibility index (Phi) is 3.04. The highest BCUT2D eigenvalue weighted by molar-refractivity contribution is 5.49. The maximum Gasteiger partial charge on any atom is 0.284 e. The predicted molar refractivity (Wildman–Crippen MR) is 80.5 cm³/mol. The van der Waals surface area contributed by atoms with Crippen LogP contribution in [-0.4, -0.2) is 30.8 Å². The van der Waals surface area contributed by atoms with Crippen molar-refractivity contribution in [2.45, 2.75) is 25.4 Å². The molecule has 1 unspecified atom stereocenters. The number of nitrogens with zero attached hydrogens (tertiary/aromatic N) is 1. The van der Waals surface area contributed by atoms with Crippen molar-refractivity contribution in [3.05, 3.63) is 40.6 Å². The van der Waals surface area contributed by atoms with E-state index in [4.69, 9.17) is 13.9 Å². The van der Waals surface area contributed by atoms with Crippen LogP contribution < -0.4 is 9.47 Å². The van der Waals surface area contributed by atoms with Gasteiger partial charge in [0.25, 0.3) is 5.95 Å². The number of furan rings is 1. The van der Waals surface area contributed by atoms with Gasteiger partial charge in [0.15, 0.2) is 11.5 Å². The highest BCUT2D eigenvalue weighted by Crippen LogP contribution is 2.43. The highest BCUT2D eigenvalue weighted by Gasteiger charge is 2.35. The van der Waals surface area contributed by atoms with Crippen molar-refractivity contribution in [1.82, 2.24) is 4.90 Å². The molecule has 0 saturated heterocycles. The number of phenols is 1. The molecule has 1 aromatic carbocycles. The number of rotatable bonds is 2. The van der Waals surface area contributed by atoms with Crippen LogP contribution in [0.15, 0.2) is 22.6 Å². The van der Waals surface area contributed by atoms with E-state index in [1.54, 1.807) is 14.2 Å². The first kappa shape index (κ1) is 13.5. The molecule has 5 nitrogen and oxygen atoms in total. The van der Waals surface area contributed by atoms with Crippen LogP contribution in [-0.2, 0) is 19.4 Å². The summed E-state index contributed by atoms with van der Waals surface area (Å²) in [6.45, 7) is 1.86. The number of fused-ring (bicyclic) bond motifs is 4. The summed E-state index contributed by atoms with van der Waals surface area (Å²) in [5.41, 5.74) is 3.62. The van der Waals surface area contributed by atoms with Crippen molar-refractivity contribution in [1.29, 1.82) is 0 Å². The minimum absolute atomic E-state index is 0.200. The van der Waals surface area contributed by atoms with Crippen LogP contribution in [0, 0.1) is 0 Å². The second-order valence-electron chi connectivity index (χ2n) is 5.88. The summed E-state index contributed by atoms with van der Waals surface area (Å²) < 4.78 is 16.2. The summed E-state index contributed by atoms with van der Waals surface area (Å²) in [6, 6.07) is 6.02. The van der Waals surface area contributed by atoms with E-state index < -0.39 is 0 Å². The van der Waals surface area contributed by atoms with Crippen molar-refractivity contribution in [3.63, 3.8) is 0 Å². The van der Waals surface area contributed by atoms with E-state index in [9.17, 15) is 5.11 Å². The zero-order valence-corrected chi connectivity index (χ0v) is 12.8. The molecule has 5 heteroatoms. The Morgan fingerprint density at radius 3 is 2.82 bits per heavy atom. The number of ether oxygens (including phenoxy) is 2. The van der Waals surface area contributed by atoms with Crippen molar-refractivity contribution < 1.29 is 19.0 Å². The average Bonchev–Trinajstić information content (AvgIpc) is 2.94. The molecule has 4 rings (SSSR count). The van der Waals surface area contributed by atoms with E-state index in [0.29, 0.717) is 11.7 Å². The number of methoxy groups -OCH3 is 2. The van der Waals surface area contributed by atoms with Gasteiger partial charge in [-0.1, -0.05) is 0 Å². The van der Waals surface area contributed by atoms with Crippen LogP contribution in [0.25, 0.3) is 0 Å². The Bertz CT molecular complexity index is 722. The largest absolute Gasteiger partial charge is 0.504 e. The summed E-state index contributed by atoms with van der Waals surface area (Å²) in [4.78, 5) is 2.44. The van der Waals surface area contributed by atoms with E-state index in [1.807, 2.05) is 18.2 Å². The third-order valence-electron chi connectivity index (χ3n) is 4.74. The molecule has 0 radical (unpaired) electrons. The van der Waals surface area contributed by atoms with Gasteiger partial charge in [0.1, 0.15) is 5.76 Å². The highest BCUT2D eigenvalue weighted by atomic mass is 16.6. The molecule has 0 bridgehead atoms. The fourth-order valence-electron chi connectivity index (χ4n) is 3.60. The van der Waals surface area contributed by atoms with Crippen molar-refractivity contribution in [2.24, 2.45) is 0 Å². The first-order valence-corrected chi connectivity index (χ1v) is 7.49. The summed E-state index contributed by atoms with van der Waals surface area (Å²) in [5.74, 6) is 2.30. The van der Waals surface area contributed by atoms with Crippen molar-refractivity contribution in [2.75, 3.05) is 20.8 Å². The number of hydrogen-bond donors (Lipinski definition) is 1. The van der Waals surface area contributed by atoms with E-state index in [0.717, 1.165) is 31.7 Å². The van der Waals surface area contributed by atoms with E-state index in [-0.39, 0.29) is 11.8 Å². The number of aromatic hydroxyl groups is 1. The number of hydrogen-bond acceptors (Lipinski definition) is 5. The maximum atomic E-state index is 10.1. The quantitative estimate of drug-likeness (QED) is 0.924. The second kappa shape index (κ2) is 4.95. The molecule has 1 N–H and O–H groups in total. The number of benzene rings is 1. The van der Waals surface area contributed by atoms with E-state index >= 15 is 0 Å². The molecule has 22 heavy (non-hydrogen) atoms. The molecule has 0 saturated carbocycles. The first-order chi connectivity index (χ1) is 10.7. The lowest BCUT2D eigenvalue weighted by molar-refractivity contribution is 0.149. The standard InChI is InChI=1S/C17H19NO4/c1-20-16-5-10-3-4-18-9-11-6-17(21-2)22-15(11)8-13(18)12(10)7-14(16)19/h5-7,13,19H,3-4,8-9H2,1-2H3. The fraction of sp³-hybridized carbons (Fsp3) is 0.412. The average molecular weight is 301 g/mol. The maximum absolute atomic E-state index is 10.1. The van der Waals surface area contributed by atoms with Gasteiger partial charge < -0.3 is 19.0 Å². The molecule has 2 aromatic rings. The minimum Gasteiger partial charge on any atom is -0.504 e. The molecule has 1 atom stereocenters. The van der Waals surface area contributed by atoms with Gasteiger partial charge in [-0.25, -0.2) is 0 Å². The Hall–Kier alpha value is -2.14. The van der Waals surface area contributed by atoms with E-state index in [1.165, 1.54) is 16.7 Å². The fourth-order valence-corrected chi connectivity index (χ4v) is 3.60. The van der Waals surface area contributed by atoms with Crippen LogP contribution in [0.5, 0.6) is 17.4 Å². The summed E-state index contributed by atoms with van der Waals surface area (Å²) in [7, 11) is 3.20. The van der Waals surface area contributed by atoms with Gasteiger partial charge in [0, 0.05) is 37.2 Å². The molecule has 0 fully saturated rings. The molecule has 2 aliphatic rings. The zero-order chi connectivity index (χ0) is 15.3. The van der Waals surface area contributed by atoms with Crippen LogP contribution in [0.4, 0.5) is 0 Å². The molecule has 0 aliphatic carbocycles. The van der Waals surface area contributed by atoms with Gasteiger partial charge in [-0.2, -0.15) is 0 Å². The minimum atomic E-state index is 0.200. The van der Waals surface area contributed by atoms with Crippen molar-refractivity contribution >= 4 is 0 Å². The smallest absolute Gasteiger partial charge is 0.284 e. The van der Waals surface area contributed by atoms with Gasteiger partial charge >= 0.3 is 0 Å². The summed E-state index contributed by atoms with van der Waals surface area (Å²) >= 11 is 0. The lowest BCUT2D eigenvalue weighted by Gasteiger charge is -2.40. The first-order valence-electron chi connectivity index (χ1n) is 7.49.